The van der Waals surface area contributed by atoms with E-state index >= 15 is 0 Å². The predicted molar refractivity (Wildman–Crippen MR) is 103 cm³/mol. The van der Waals surface area contributed by atoms with Gasteiger partial charge in [0.05, 0.1) is 25.1 Å². The third-order valence-electron chi connectivity index (χ3n) is 4.07. The third-order valence-corrected chi connectivity index (χ3v) is 5.32. The Bertz CT molecular complexity index is 836. The number of ether oxygens (including phenoxy) is 1. The number of nitrogens with zero attached hydrogens (tertiary/aromatic N) is 1. The lowest BCUT2D eigenvalue weighted by Gasteiger charge is -2.29. The van der Waals surface area contributed by atoms with Crippen LogP contribution in [0.4, 0.5) is 5.69 Å². The van der Waals surface area contributed by atoms with Gasteiger partial charge in [0.15, 0.2) is 0 Å². The van der Waals surface area contributed by atoms with Crippen LogP contribution in [-0.2, 0) is 14.8 Å². The molecule has 6 nitrogen and oxygen atoms in total. The number of para-hydroxylation sites is 1. The normalized spacial score (nSPS) is 13.5. The first-order valence-electron chi connectivity index (χ1n) is 8.23. The highest BCUT2D eigenvalue weighted by atomic mass is 32.2. The van der Waals surface area contributed by atoms with E-state index in [-0.39, 0.29) is 11.9 Å². The Morgan fingerprint density at radius 2 is 1.62 bits per heavy atom. The van der Waals surface area contributed by atoms with Gasteiger partial charge in [-0.25, -0.2) is 8.42 Å². The summed E-state index contributed by atoms with van der Waals surface area (Å²) < 4.78 is 30.7. The number of hydrogen-bond donors (Lipinski definition) is 1. The van der Waals surface area contributed by atoms with Crippen molar-refractivity contribution in [2.24, 2.45) is 0 Å². The van der Waals surface area contributed by atoms with Crippen LogP contribution in [-0.4, -0.2) is 33.7 Å². The Morgan fingerprint density at radius 1 is 1.04 bits per heavy atom. The molecule has 7 heteroatoms. The van der Waals surface area contributed by atoms with Crippen molar-refractivity contribution in [2.45, 2.75) is 25.9 Å². The fourth-order valence-electron chi connectivity index (χ4n) is 2.69. The zero-order chi connectivity index (χ0) is 19.3. The van der Waals surface area contributed by atoms with Gasteiger partial charge >= 0.3 is 0 Å². The zero-order valence-corrected chi connectivity index (χ0v) is 16.2. The SMILES string of the molecule is COc1ccc([C@@H](C)NC(=O)[C@H](C)N(c2ccccc2)S(C)(=O)=O)cc1. The van der Waals surface area contributed by atoms with Crippen molar-refractivity contribution in [1.82, 2.24) is 5.32 Å². The van der Waals surface area contributed by atoms with E-state index in [1.165, 1.54) is 0 Å². The van der Waals surface area contributed by atoms with Gasteiger partial charge in [-0.15, -0.1) is 0 Å². The van der Waals surface area contributed by atoms with Gasteiger partial charge in [0.25, 0.3) is 0 Å². The molecule has 2 aromatic carbocycles. The molecule has 0 spiro atoms. The number of rotatable bonds is 7. The maximum Gasteiger partial charge on any atom is 0.244 e. The second kappa shape index (κ2) is 8.23. The summed E-state index contributed by atoms with van der Waals surface area (Å²) >= 11 is 0. The molecule has 0 fully saturated rings. The summed E-state index contributed by atoms with van der Waals surface area (Å²) in [6.07, 6.45) is 1.09. The molecule has 0 saturated heterocycles. The Hall–Kier alpha value is -2.54. The number of amides is 1. The Balaban J connectivity index is 2.18. The van der Waals surface area contributed by atoms with E-state index in [1.807, 2.05) is 31.2 Å². The van der Waals surface area contributed by atoms with Crippen molar-refractivity contribution in [1.29, 1.82) is 0 Å². The summed E-state index contributed by atoms with van der Waals surface area (Å²) in [6.45, 7) is 3.42. The van der Waals surface area contributed by atoms with Crippen molar-refractivity contribution in [3.63, 3.8) is 0 Å². The van der Waals surface area contributed by atoms with Gasteiger partial charge in [-0.05, 0) is 43.7 Å². The quantitative estimate of drug-likeness (QED) is 0.806. The lowest BCUT2D eigenvalue weighted by molar-refractivity contribution is -0.122. The van der Waals surface area contributed by atoms with Crippen molar-refractivity contribution in [3.05, 3.63) is 60.2 Å². The fraction of sp³-hybridized carbons (Fsp3) is 0.316. The van der Waals surface area contributed by atoms with Gasteiger partial charge in [-0.3, -0.25) is 9.10 Å². The number of carbonyl (C=O) groups excluding carboxylic acids is 1. The molecule has 0 aliphatic carbocycles. The summed E-state index contributed by atoms with van der Waals surface area (Å²) in [5, 5.41) is 2.87. The lowest BCUT2D eigenvalue weighted by atomic mass is 10.1. The van der Waals surface area contributed by atoms with E-state index in [2.05, 4.69) is 5.32 Å². The Kier molecular flexibility index (Phi) is 6.26. The first-order valence-corrected chi connectivity index (χ1v) is 10.1. The molecule has 0 aliphatic rings. The van der Waals surface area contributed by atoms with Crippen LogP contribution in [0.25, 0.3) is 0 Å². The van der Waals surface area contributed by atoms with Gasteiger partial charge in [-0.1, -0.05) is 30.3 Å². The van der Waals surface area contributed by atoms with Crippen LogP contribution < -0.4 is 14.4 Å². The van der Waals surface area contributed by atoms with Crippen LogP contribution in [0.3, 0.4) is 0 Å². The minimum atomic E-state index is -3.62. The van der Waals surface area contributed by atoms with E-state index in [0.717, 1.165) is 21.9 Å². The summed E-state index contributed by atoms with van der Waals surface area (Å²) in [6, 6.07) is 14.8. The first kappa shape index (κ1) is 19.8. The molecule has 26 heavy (non-hydrogen) atoms. The van der Waals surface area contributed by atoms with Crippen LogP contribution in [0.2, 0.25) is 0 Å². The molecule has 140 valence electrons. The molecule has 1 N–H and O–H groups in total. The molecule has 2 rings (SSSR count). The van der Waals surface area contributed by atoms with Gasteiger partial charge in [0.1, 0.15) is 11.8 Å². The second-order valence-electron chi connectivity index (χ2n) is 6.07. The monoisotopic (exact) mass is 376 g/mol. The van der Waals surface area contributed by atoms with Crippen LogP contribution in [0.5, 0.6) is 5.75 Å². The van der Waals surface area contributed by atoms with Crippen LogP contribution >= 0.6 is 0 Å². The maximum absolute atomic E-state index is 12.7. The minimum absolute atomic E-state index is 0.270. The molecule has 0 unspecified atom stereocenters. The van der Waals surface area contributed by atoms with E-state index in [4.69, 9.17) is 4.74 Å². The number of carbonyl (C=O) groups is 1. The maximum atomic E-state index is 12.7. The Morgan fingerprint density at radius 3 is 2.12 bits per heavy atom. The van der Waals surface area contributed by atoms with Crippen LogP contribution in [0.1, 0.15) is 25.5 Å². The molecule has 0 aliphatic heterocycles. The molecule has 1 amide bonds. The average Bonchev–Trinajstić information content (AvgIpc) is 2.61. The Labute approximate surface area is 154 Å². The van der Waals surface area contributed by atoms with E-state index in [0.29, 0.717) is 5.69 Å². The van der Waals surface area contributed by atoms with E-state index in [9.17, 15) is 13.2 Å². The molecular formula is C19H24N2O4S. The molecule has 2 atom stereocenters. The fourth-order valence-corrected chi connectivity index (χ4v) is 3.87. The van der Waals surface area contributed by atoms with E-state index in [1.54, 1.807) is 44.4 Å². The average molecular weight is 376 g/mol. The molecule has 0 heterocycles. The molecule has 0 radical (unpaired) electrons. The zero-order valence-electron chi connectivity index (χ0n) is 15.3. The van der Waals surface area contributed by atoms with Crippen molar-refractivity contribution in [3.8, 4) is 5.75 Å². The summed E-state index contributed by atoms with van der Waals surface area (Å²) in [5.41, 5.74) is 1.35. The summed E-state index contributed by atoms with van der Waals surface area (Å²) in [5.74, 6) is 0.357. The molecule has 0 saturated carbocycles. The smallest absolute Gasteiger partial charge is 0.244 e. The highest BCUT2D eigenvalue weighted by molar-refractivity contribution is 7.92. The number of sulfonamides is 1. The highest BCUT2D eigenvalue weighted by Gasteiger charge is 2.29. The molecule has 0 bridgehead atoms. The van der Waals surface area contributed by atoms with Gasteiger partial charge < -0.3 is 10.1 Å². The molecule has 2 aromatic rings. The largest absolute Gasteiger partial charge is 0.497 e. The minimum Gasteiger partial charge on any atom is -0.497 e. The predicted octanol–water partition coefficient (Wildman–Crippen LogP) is 2.73. The van der Waals surface area contributed by atoms with Crippen molar-refractivity contribution in [2.75, 3.05) is 17.7 Å². The second-order valence-corrected chi connectivity index (χ2v) is 7.93. The van der Waals surface area contributed by atoms with Gasteiger partial charge in [0, 0.05) is 0 Å². The van der Waals surface area contributed by atoms with Crippen LogP contribution in [0, 0.1) is 0 Å². The number of benzene rings is 2. The van der Waals surface area contributed by atoms with Crippen LogP contribution in [0.15, 0.2) is 54.6 Å². The van der Waals surface area contributed by atoms with Crippen molar-refractivity contribution >= 4 is 21.6 Å². The first-order chi connectivity index (χ1) is 12.2. The number of anilines is 1. The summed E-state index contributed by atoms with van der Waals surface area (Å²) in [4.78, 5) is 12.7. The third kappa shape index (κ3) is 4.76. The van der Waals surface area contributed by atoms with Gasteiger partial charge in [-0.2, -0.15) is 0 Å². The number of methoxy groups -OCH3 is 1. The summed E-state index contributed by atoms with van der Waals surface area (Å²) in [7, 11) is -2.03. The topological polar surface area (TPSA) is 75.7 Å². The molecular weight excluding hydrogens is 352 g/mol. The van der Waals surface area contributed by atoms with Gasteiger partial charge in [0.2, 0.25) is 15.9 Å². The molecule has 0 aromatic heterocycles. The number of hydrogen-bond acceptors (Lipinski definition) is 4. The standard InChI is InChI=1S/C19H24N2O4S/c1-14(16-10-12-18(25-3)13-11-16)20-19(22)15(2)21(26(4,23)24)17-8-6-5-7-9-17/h5-15H,1-4H3,(H,20,22)/t14-,15+/m1/s1. The number of nitrogens with one attached hydrogen (secondary N) is 1. The lowest BCUT2D eigenvalue weighted by Crippen LogP contribution is -2.48. The van der Waals surface area contributed by atoms with Crippen molar-refractivity contribution < 1.29 is 17.9 Å². The highest BCUT2D eigenvalue weighted by Crippen LogP contribution is 2.22. The van der Waals surface area contributed by atoms with E-state index < -0.39 is 16.1 Å².